The van der Waals surface area contributed by atoms with Gasteiger partial charge in [0, 0.05) is 29.9 Å². The van der Waals surface area contributed by atoms with Crippen LogP contribution in [0.15, 0.2) is 71.6 Å². The zero-order valence-electron chi connectivity index (χ0n) is 16.8. The van der Waals surface area contributed by atoms with E-state index in [-0.39, 0.29) is 12.4 Å². The molecule has 4 rings (SSSR count). The number of nitrogens with zero attached hydrogens (tertiary/aromatic N) is 1. The van der Waals surface area contributed by atoms with Gasteiger partial charge in [-0.05, 0) is 48.4 Å². The fourth-order valence-electron chi connectivity index (χ4n) is 3.43. The number of carbonyl (C=O) groups is 1. The summed E-state index contributed by atoms with van der Waals surface area (Å²) in [5.74, 6) is 0.407. The van der Waals surface area contributed by atoms with Gasteiger partial charge < -0.3 is 24.2 Å². The molecule has 2 N–H and O–H groups in total. The number of carbonyl (C=O) groups excluding carboxylic acids is 1. The van der Waals surface area contributed by atoms with Crippen LogP contribution in [0, 0.1) is 0 Å². The van der Waals surface area contributed by atoms with Crippen molar-refractivity contribution in [2.75, 3.05) is 6.61 Å². The van der Waals surface area contributed by atoms with Crippen LogP contribution < -0.4 is 10.5 Å². The highest BCUT2D eigenvalue weighted by Crippen LogP contribution is 2.28. The Morgan fingerprint density at radius 1 is 1.13 bits per heavy atom. The molecule has 2 aromatic heterocycles. The van der Waals surface area contributed by atoms with Crippen LogP contribution >= 0.6 is 0 Å². The van der Waals surface area contributed by atoms with Crippen LogP contribution in [0.2, 0.25) is 0 Å². The second-order valence-corrected chi connectivity index (χ2v) is 6.96. The SMILES string of the molecule is CCOC(=O)Cc1ccccc1OCc1cc(-n2ccc(CN)c2)c2occc2c1. The summed E-state index contributed by atoms with van der Waals surface area (Å²) in [6.45, 7) is 3.00. The van der Waals surface area contributed by atoms with Gasteiger partial charge in [0.15, 0.2) is 5.58 Å². The second-order valence-electron chi connectivity index (χ2n) is 6.96. The van der Waals surface area contributed by atoms with Gasteiger partial charge in [0.1, 0.15) is 12.4 Å². The average molecular weight is 404 g/mol. The third-order valence-electron chi connectivity index (χ3n) is 4.87. The molecule has 0 amide bonds. The first-order valence-electron chi connectivity index (χ1n) is 9.91. The topological polar surface area (TPSA) is 79.6 Å². The van der Waals surface area contributed by atoms with Crippen LogP contribution in [0.1, 0.15) is 23.6 Å². The van der Waals surface area contributed by atoms with Crippen molar-refractivity contribution < 1.29 is 18.7 Å². The van der Waals surface area contributed by atoms with Crippen molar-refractivity contribution in [1.82, 2.24) is 4.57 Å². The molecule has 0 aliphatic rings. The smallest absolute Gasteiger partial charge is 0.310 e. The number of fused-ring (bicyclic) bond motifs is 1. The van der Waals surface area contributed by atoms with Gasteiger partial charge in [-0.25, -0.2) is 0 Å². The van der Waals surface area contributed by atoms with Crippen LogP contribution in [-0.2, 0) is 29.1 Å². The van der Waals surface area contributed by atoms with E-state index in [1.807, 2.05) is 65.5 Å². The molecule has 0 aliphatic heterocycles. The van der Waals surface area contributed by atoms with Crippen molar-refractivity contribution in [2.45, 2.75) is 26.5 Å². The number of esters is 1. The molecule has 2 heterocycles. The van der Waals surface area contributed by atoms with Crippen LogP contribution in [0.25, 0.3) is 16.7 Å². The number of benzene rings is 2. The zero-order chi connectivity index (χ0) is 20.9. The van der Waals surface area contributed by atoms with Gasteiger partial charge in [-0.15, -0.1) is 0 Å². The Hall–Kier alpha value is -3.51. The Morgan fingerprint density at radius 3 is 2.80 bits per heavy atom. The van der Waals surface area contributed by atoms with Gasteiger partial charge in [0.05, 0.1) is 25.0 Å². The predicted octanol–water partition coefficient (Wildman–Crippen LogP) is 4.37. The molecule has 2 aromatic carbocycles. The zero-order valence-corrected chi connectivity index (χ0v) is 16.8. The molecule has 0 aliphatic carbocycles. The summed E-state index contributed by atoms with van der Waals surface area (Å²) < 4.78 is 18.9. The summed E-state index contributed by atoms with van der Waals surface area (Å²) in [7, 11) is 0. The van der Waals surface area contributed by atoms with Gasteiger partial charge in [0.25, 0.3) is 0 Å². The maximum absolute atomic E-state index is 11.9. The van der Waals surface area contributed by atoms with Crippen molar-refractivity contribution in [3.05, 3.63) is 83.9 Å². The lowest BCUT2D eigenvalue weighted by atomic mass is 10.1. The molecule has 0 fully saturated rings. The van der Waals surface area contributed by atoms with Gasteiger partial charge in [-0.2, -0.15) is 0 Å². The fourth-order valence-corrected chi connectivity index (χ4v) is 3.43. The average Bonchev–Trinajstić information content (AvgIpc) is 3.42. The van der Waals surface area contributed by atoms with E-state index in [0.29, 0.717) is 25.5 Å². The Morgan fingerprint density at radius 2 is 2.00 bits per heavy atom. The van der Waals surface area contributed by atoms with E-state index in [0.717, 1.165) is 33.3 Å². The summed E-state index contributed by atoms with van der Waals surface area (Å²) in [6, 6.07) is 15.5. The summed E-state index contributed by atoms with van der Waals surface area (Å²) >= 11 is 0. The Labute approximate surface area is 174 Å². The summed E-state index contributed by atoms with van der Waals surface area (Å²) in [5.41, 5.74) is 10.3. The lowest BCUT2D eigenvalue weighted by molar-refractivity contribution is -0.142. The fraction of sp³-hybridized carbons (Fsp3) is 0.208. The third kappa shape index (κ3) is 4.23. The van der Waals surface area contributed by atoms with Crippen molar-refractivity contribution in [2.24, 2.45) is 5.73 Å². The van der Waals surface area contributed by atoms with Gasteiger partial charge in [-0.3, -0.25) is 4.79 Å². The second kappa shape index (κ2) is 8.88. The van der Waals surface area contributed by atoms with E-state index in [4.69, 9.17) is 19.6 Å². The number of furan rings is 1. The molecule has 154 valence electrons. The van der Waals surface area contributed by atoms with Gasteiger partial charge >= 0.3 is 5.97 Å². The molecule has 0 saturated carbocycles. The molecule has 0 unspecified atom stereocenters. The predicted molar refractivity (Wildman–Crippen MR) is 115 cm³/mol. The van der Waals surface area contributed by atoms with E-state index < -0.39 is 0 Å². The highest BCUT2D eigenvalue weighted by molar-refractivity contribution is 5.86. The molecule has 30 heavy (non-hydrogen) atoms. The molecule has 0 spiro atoms. The lowest BCUT2D eigenvalue weighted by Gasteiger charge is -2.13. The molecule has 4 aromatic rings. The largest absolute Gasteiger partial charge is 0.489 e. The Kier molecular flexibility index (Phi) is 5.86. The highest BCUT2D eigenvalue weighted by Gasteiger charge is 2.12. The minimum atomic E-state index is -0.265. The summed E-state index contributed by atoms with van der Waals surface area (Å²) in [6.07, 6.45) is 5.83. The molecule has 6 heteroatoms. The number of aromatic nitrogens is 1. The minimum absolute atomic E-state index is 0.182. The lowest BCUT2D eigenvalue weighted by Crippen LogP contribution is -2.09. The summed E-state index contributed by atoms with van der Waals surface area (Å²) in [5, 5.41) is 0.994. The number of para-hydroxylation sites is 1. The number of rotatable bonds is 8. The Balaban J connectivity index is 1.59. The molecule has 0 bridgehead atoms. The molecule has 0 atom stereocenters. The van der Waals surface area contributed by atoms with E-state index in [2.05, 4.69) is 0 Å². The van der Waals surface area contributed by atoms with Crippen molar-refractivity contribution >= 4 is 16.9 Å². The molecule has 0 radical (unpaired) electrons. The van der Waals surface area contributed by atoms with Gasteiger partial charge in [0.2, 0.25) is 0 Å². The number of ether oxygens (including phenoxy) is 2. The molecule has 0 saturated heterocycles. The normalized spacial score (nSPS) is 11.0. The van der Waals surface area contributed by atoms with Crippen molar-refractivity contribution in [1.29, 1.82) is 0 Å². The quantitative estimate of drug-likeness (QED) is 0.441. The molecule has 6 nitrogen and oxygen atoms in total. The maximum atomic E-state index is 11.9. The first kappa shape index (κ1) is 19.8. The number of nitrogens with two attached hydrogens (primary N) is 1. The van der Waals surface area contributed by atoms with E-state index in [1.54, 1.807) is 13.2 Å². The maximum Gasteiger partial charge on any atom is 0.310 e. The Bertz CT molecular complexity index is 1160. The van der Waals surface area contributed by atoms with Gasteiger partial charge in [-0.1, -0.05) is 18.2 Å². The van der Waals surface area contributed by atoms with E-state index in [1.165, 1.54) is 0 Å². The van der Waals surface area contributed by atoms with Crippen LogP contribution in [0.3, 0.4) is 0 Å². The monoisotopic (exact) mass is 404 g/mol. The third-order valence-corrected chi connectivity index (χ3v) is 4.87. The summed E-state index contributed by atoms with van der Waals surface area (Å²) in [4.78, 5) is 11.9. The van der Waals surface area contributed by atoms with Crippen LogP contribution in [0.4, 0.5) is 0 Å². The molecular formula is C24H24N2O4. The van der Waals surface area contributed by atoms with E-state index >= 15 is 0 Å². The first-order valence-corrected chi connectivity index (χ1v) is 9.91. The van der Waals surface area contributed by atoms with Crippen molar-refractivity contribution in [3.63, 3.8) is 0 Å². The first-order chi connectivity index (χ1) is 14.7. The van der Waals surface area contributed by atoms with Crippen LogP contribution in [-0.4, -0.2) is 17.1 Å². The number of hydrogen-bond acceptors (Lipinski definition) is 5. The van der Waals surface area contributed by atoms with Crippen LogP contribution in [0.5, 0.6) is 5.75 Å². The standard InChI is InChI=1S/C24H24N2O4/c1-2-28-23(27)13-19-5-3-4-6-22(19)30-16-18-11-20-8-10-29-24(20)21(12-18)26-9-7-17(14-25)15-26/h3-12,15H,2,13-14,16,25H2,1H3. The molecular weight excluding hydrogens is 380 g/mol. The number of hydrogen-bond donors (Lipinski definition) is 1. The minimum Gasteiger partial charge on any atom is -0.489 e. The highest BCUT2D eigenvalue weighted by atomic mass is 16.5. The van der Waals surface area contributed by atoms with E-state index in [9.17, 15) is 4.79 Å². The van der Waals surface area contributed by atoms with Crippen molar-refractivity contribution in [3.8, 4) is 11.4 Å².